The van der Waals surface area contributed by atoms with Crippen molar-refractivity contribution in [3.05, 3.63) is 23.7 Å². The molecular weight excluding hydrogens is 349 g/mol. The van der Waals surface area contributed by atoms with E-state index in [1.807, 2.05) is 0 Å². The van der Waals surface area contributed by atoms with E-state index in [2.05, 4.69) is 25.7 Å². The molecule has 2 heterocycles. The van der Waals surface area contributed by atoms with Crippen molar-refractivity contribution >= 4 is 27.5 Å². The van der Waals surface area contributed by atoms with E-state index in [0.717, 1.165) is 4.09 Å². The van der Waals surface area contributed by atoms with Crippen LogP contribution >= 0.6 is 0 Å². The van der Waals surface area contributed by atoms with Gasteiger partial charge in [-0.2, -0.15) is 27.3 Å². The molecular formula is C12H15F3N6O2S. The lowest BCUT2D eigenvalue weighted by molar-refractivity contribution is -0.137. The van der Waals surface area contributed by atoms with Gasteiger partial charge in [0.1, 0.15) is 11.4 Å². The monoisotopic (exact) mass is 364 g/mol. The minimum atomic E-state index is -4.59. The molecule has 2 rings (SSSR count). The van der Waals surface area contributed by atoms with E-state index >= 15 is 0 Å². The highest BCUT2D eigenvalue weighted by Gasteiger charge is 2.35. The van der Waals surface area contributed by atoms with Crippen LogP contribution in [0.3, 0.4) is 0 Å². The third-order valence-electron chi connectivity index (χ3n) is 3.11. The molecule has 0 aliphatic heterocycles. The maximum Gasteiger partial charge on any atom is 0.421 e. The van der Waals surface area contributed by atoms with Crippen molar-refractivity contribution in [3.8, 4) is 0 Å². The second-order valence-electron chi connectivity index (χ2n) is 4.73. The normalized spacial score (nSPS) is 12.2. The lowest BCUT2D eigenvalue weighted by atomic mass is 10.3. The van der Waals surface area contributed by atoms with Gasteiger partial charge in [0.15, 0.2) is 0 Å². The van der Waals surface area contributed by atoms with E-state index < -0.39 is 27.6 Å². The van der Waals surface area contributed by atoms with Crippen LogP contribution in [0.5, 0.6) is 0 Å². The lowest BCUT2D eigenvalue weighted by Gasteiger charge is -2.12. The lowest BCUT2D eigenvalue weighted by Crippen LogP contribution is -2.15. The number of aromatic nitrogens is 4. The molecule has 2 N–H and O–H groups in total. The number of nitrogens with one attached hydrogen (secondary N) is 2. The van der Waals surface area contributed by atoms with Gasteiger partial charge in [-0.15, -0.1) is 0 Å². The third kappa shape index (κ3) is 3.58. The standard InChI is InChI=1S/C12H15F3N6O2S/c1-4-24(22,23)21-6-9(7(2)20-21)18-11-17-5-8(12(13,14)15)10(16-3)19-11/h5-6H,4H2,1-3H3,(H2,16,17,18,19). The molecule has 0 bridgehead atoms. The Kier molecular flexibility index (Phi) is 4.69. The summed E-state index contributed by atoms with van der Waals surface area (Å²) in [4.78, 5) is 7.36. The van der Waals surface area contributed by atoms with Gasteiger partial charge in [0, 0.05) is 13.2 Å². The predicted molar refractivity (Wildman–Crippen MR) is 81.7 cm³/mol. The van der Waals surface area contributed by atoms with E-state index in [-0.39, 0.29) is 17.4 Å². The Labute approximate surface area is 136 Å². The van der Waals surface area contributed by atoms with Crippen molar-refractivity contribution in [1.29, 1.82) is 0 Å². The quantitative estimate of drug-likeness (QED) is 0.836. The summed E-state index contributed by atoms with van der Waals surface area (Å²) in [6.07, 6.45) is -2.73. The van der Waals surface area contributed by atoms with Gasteiger partial charge < -0.3 is 10.6 Å². The molecule has 0 radical (unpaired) electrons. The molecule has 8 nitrogen and oxygen atoms in total. The maximum absolute atomic E-state index is 12.8. The smallest absolute Gasteiger partial charge is 0.372 e. The SMILES string of the molecule is CCS(=O)(=O)n1cc(Nc2ncc(C(F)(F)F)c(NC)n2)c(C)n1. The van der Waals surface area contributed by atoms with Crippen LogP contribution in [0.25, 0.3) is 0 Å². The molecule has 0 saturated heterocycles. The second-order valence-corrected chi connectivity index (χ2v) is 6.85. The van der Waals surface area contributed by atoms with Crippen LogP contribution in [0.4, 0.5) is 30.6 Å². The van der Waals surface area contributed by atoms with E-state index in [1.165, 1.54) is 20.2 Å². The van der Waals surface area contributed by atoms with Crippen LogP contribution in [-0.2, 0) is 16.2 Å². The number of nitrogens with zero attached hydrogens (tertiary/aromatic N) is 4. The second kappa shape index (κ2) is 6.26. The number of alkyl halides is 3. The summed E-state index contributed by atoms with van der Waals surface area (Å²) in [5, 5.41) is 8.88. The molecule has 0 amide bonds. The summed E-state index contributed by atoms with van der Waals surface area (Å²) in [7, 11) is -2.26. The molecule has 0 unspecified atom stereocenters. The average Bonchev–Trinajstić information content (AvgIpc) is 2.88. The van der Waals surface area contributed by atoms with Crippen LogP contribution in [0.15, 0.2) is 12.4 Å². The van der Waals surface area contributed by atoms with E-state index in [4.69, 9.17) is 0 Å². The first-order valence-corrected chi connectivity index (χ1v) is 8.38. The Balaban J connectivity index is 2.36. The molecule has 0 saturated carbocycles. The minimum Gasteiger partial charge on any atom is -0.372 e. The van der Waals surface area contributed by atoms with Gasteiger partial charge in [0.05, 0.1) is 23.3 Å². The van der Waals surface area contributed by atoms with Gasteiger partial charge in [-0.1, -0.05) is 0 Å². The molecule has 2 aromatic rings. The zero-order valence-corrected chi connectivity index (χ0v) is 13.8. The first-order chi connectivity index (χ1) is 11.1. The summed E-state index contributed by atoms with van der Waals surface area (Å²) in [6.45, 7) is 3.02. The minimum absolute atomic E-state index is 0.121. The molecule has 0 atom stereocenters. The highest BCUT2D eigenvalue weighted by atomic mass is 32.2. The molecule has 0 aliphatic carbocycles. The van der Waals surface area contributed by atoms with Crippen molar-refractivity contribution in [3.63, 3.8) is 0 Å². The summed E-state index contributed by atoms with van der Waals surface area (Å²) in [6, 6.07) is 0. The van der Waals surface area contributed by atoms with E-state index in [1.54, 1.807) is 6.92 Å². The predicted octanol–water partition coefficient (Wildman–Crippen LogP) is 1.98. The van der Waals surface area contributed by atoms with Crippen LogP contribution in [0.1, 0.15) is 18.2 Å². The largest absolute Gasteiger partial charge is 0.421 e. The molecule has 24 heavy (non-hydrogen) atoms. The Bertz CT molecular complexity index is 847. The van der Waals surface area contributed by atoms with Crippen molar-refractivity contribution < 1.29 is 21.6 Å². The van der Waals surface area contributed by atoms with Crippen LogP contribution in [0.2, 0.25) is 0 Å². The first-order valence-electron chi connectivity index (χ1n) is 6.77. The fourth-order valence-electron chi connectivity index (χ4n) is 1.79. The van der Waals surface area contributed by atoms with Crippen molar-refractivity contribution in [2.24, 2.45) is 0 Å². The van der Waals surface area contributed by atoms with Gasteiger partial charge in [0.2, 0.25) is 5.95 Å². The molecule has 0 aliphatic rings. The molecule has 132 valence electrons. The van der Waals surface area contributed by atoms with Gasteiger partial charge in [-0.3, -0.25) is 0 Å². The Morgan fingerprint density at radius 3 is 2.54 bits per heavy atom. The Morgan fingerprint density at radius 2 is 2.00 bits per heavy atom. The third-order valence-corrected chi connectivity index (χ3v) is 4.59. The topological polar surface area (TPSA) is 102 Å². The first kappa shape index (κ1) is 18.0. The number of anilines is 3. The van der Waals surface area contributed by atoms with E-state index in [0.29, 0.717) is 11.9 Å². The molecule has 12 heteroatoms. The van der Waals surface area contributed by atoms with E-state index in [9.17, 15) is 21.6 Å². The summed E-state index contributed by atoms with van der Waals surface area (Å²) in [5.74, 6) is -0.663. The number of hydrogen-bond acceptors (Lipinski definition) is 7. The molecule has 0 fully saturated rings. The van der Waals surface area contributed by atoms with Crippen LogP contribution in [-0.4, -0.2) is 40.4 Å². The van der Waals surface area contributed by atoms with Gasteiger partial charge >= 0.3 is 6.18 Å². The number of rotatable bonds is 5. The van der Waals surface area contributed by atoms with Crippen LogP contribution in [0, 0.1) is 6.92 Å². The van der Waals surface area contributed by atoms with Gasteiger partial charge in [-0.05, 0) is 13.8 Å². The molecule has 2 aromatic heterocycles. The number of halogens is 3. The van der Waals surface area contributed by atoms with Crippen LogP contribution < -0.4 is 10.6 Å². The zero-order valence-electron chi connectivity index (χ0n) is 13.0. The highest BCUT2D eigenvalue weighted by molar-refractivity contribution is 7.89. The van der Waals surface area contributed by atoms with Gasteiger partial charge in [0.25, 0.3) is 10.0 Å². The Morgan fingerprint density at radius 1 is 1.33 bits per heavy atom. The fourth-order valence-corrected chi connectivity index (χ4v) is 2.57. The van der Waals surface area contributed by atoms with Crippen molar-refractivity contribution in [2.75, 3.05) is 23.4 Å². The summed E-state index contributed by atoms with van der Waals surface area (Å²) < 4.78 is 62.8. The fraction of sp³-hybridized carbons (Fsp3) is 0.417. The molecule has 0 aromatic carbocycles. The maximum atomic E-state index is 12.8. The number of hydrogen-bond donors (Lipinski definition) is 2. The highest BCUT2D eigenvalue weighted by Crippen LogP contribution is 2.33. The van der Waals surface area contributed by atoms with Gasteiger partial charge in [-0.25, -0.2) is 13.4 Å². The number of aryl methyl sites for hydroxylation is 1. The summed E-state index contributed by atoms with van der Waals surface area (Å²) >= 11 is 0. The average molecular weight is 364 g/mol. The summed E-state index contributed by atoms with van der Waals surface area (Å²) in [5.41, 5.74) is -0.396. The Hall–Kier alpha value is -2.37. The molecule has 0 spiro atoms. The van der Waals surface area contributed by atoms with Crippen molar-refractivity contribution in [2.45, 2.75) is 20.0 Å². The zero-order chi connectivity index (χ0) is 18.1. The van der Waals surface area contributed by atoms with Crippen molar-refractivity contribution in [1.82, 2.24) is 19.2 Å².